The fourth-order valence-corrected chi connectivity index (χ4v) is 13.7. The first-order valence-corrected chi connectivity index (χ1v) is 36.0. The number of carbonyl (C=O) groups is 13. The third-order valence-corrected chi connectivity index (χ3v) is 20.3. The maximum Gasteiger partial charge on any atom is 0.245 e. The van der Waals surface area contributed by atoms with E-state index in [4.69, 9.17) is 0 Å². The number of benzene rings is 2. The van der Waals surface area contributed by atoms with Crippen molar-refractivity contribution in [2.24, 2.45) is 35.5 Å². The second-order valence-corrected chi connectivity index (χ2v) is 29.4. The van der Waals surface area contributed by atoms with E-state index in [2.05, 4.69) is 21.3 Å². The molecule has 3 fully saturated rings. The molecule has 3 saturated heterocycles. The SMILES string of the molecule is CC[C@H](C)[C@H]1C(=O)N[C@@H](Cc2ccccc2)C(=O)N(C)[C@@H](CC(C)C)C(=O)N[C@@H](CC(C)C)C(=O)N[C@H](C(=O)N2CCCCC2)CC(=O)N(C)[C@H](C)C(=O)C[C@@H](CC(C)C)C(=O)N(C)[C@@H](C)C(=O)N2CCC[C@H]2C(=O)C[C@@H]([C@@H](C)O)C(=O)N(C)[C@@H](Cc2ccccc2)C(=O)NCC(=O)N1C. The lowest BCUT2D eigenvalue weighted by Gasteiger charge is -2.36. The average molecular weight is 1390 g/mol. The predicted molar refractivity (Wildman–Crippen MR) is 379 cm³/mol. The van der Waals surface area contributed by atoms with Crippen molar-refractivity contribution >= 4 is 76.5 Å². The van der Waals surface area contributed by atoms with Crippen molar-refractivity contribution in [1.82, 2.24) is 55.6 Å². The molecule has 2 aromatic carbocycles. The standard InChI is InChI=1S/C75H115N11O14/c1-17-48(8)66-70(95)79-57(39-52-28-21-18-22-29-52)74(99)83(15)60(38-47(6)7)69(94)77-56(37-46(4)5)67(92)78-58(75(100)85-33-25-20-26-34-85)43-64(90)80(12)49(9)62(88)41-54(36-45(2)3)72(97)81(13)50(10)71(96)86-35-27-32-59(86)63(89)42-55(51(11)87)73(98)82(14)61(40-53-30-23-19-24-31-53)68(93)76-44-65(91)84(66)16/h18-19,21-24,28-31,45-51,54-61,66,87H,17,20,25-27,32-44H2,1-16H3,(H,76,93)(H,77,94)(H,78,92)(H,79,95)/t48-,49+,50-,51+,54+,55-,56-,57-,58-,59-,60-,61-,66-/m0/s1. The van der Waals surface area contributed by atoms with Crippen LogP contribution in [0.5, 0.6) is 0 Å². The summed E-state index contributed by atoms with van der Waals surface area (Å²) in [5.41, 5.74) is 1.29. The van der Waals surface area contributed by atoms with Gasteiger partial charge in [-0.3, -0.25) is 62.3 Å². The van der Waals surface area contributed by atoms with Gasteiger partial charge in [0.1, 0.15) is 42.3 Å². The Hall–Kier alpha value is -8.09. The van der Waals surface area contributed by atoms with Crippen LogP contribution in [-0.4, -0.2) is 238 Å². The molecular weight excluding hydrogens is 1280 g/mol. The van der Waals surface area contributed by atoms with Crippen LogP contribution >= 0.6 is 0 Å². The molecule has 3 aliphatic heterocycles. The summed E-state index contributed by atoms with van der Waals surface area (Å²) in [7, 11) is 7.06. The number of likely N-dealkylation sites (tertiary alicyclic amines) is 1. The number of rotatable bonds is 14. The van der Waals surface area contributed by atoms with Crippen molar-refractivity contribution in [1.29, 1.82) is 0 Å². The van der Waals surface area contributed by atoms with Crippen LogP contribution < -0.4 is 21.3 Å². The topological polar surface area (TPSA) is 313 Å². The second kappa shape index (κ2) is 38.6. The Kier molecular flexibility index (Phi) is 31.9. The Balaban J connectivity index is 1.61. The number of aliphatic hydroxyl groups is 1. The molecule has 3 heterocycles. The van der Waals surface area contributed by atoms with E-state index < -0.39 is 174 Å². The molecule has 0 spiro atoms. The number of Topliss-reactive ketones (excluding diaryl/α,β-unsaturated/α-hetero) is 2. The number of piperidine rings is 1. The zero-order chi connectivity index (χ0) is 74.6. The van der Waals surface area contributed by atoms with Crippen molar-refractivity contribution in [2.45, 2.75) is 227 Å². The summed E-state index contributed by atoms with van der Waals surface area (Å²) >= 11 is 0. The maximum atomic E-state index is 15.3. The van der Waals surface area contributed by atoms with Gasteiger partial charge in [0.15, 0.2) is 11.6 Å². The minimum Gasteiger partial charge on any atom is -0.393 e. The van der Waals surface area contributed by atoms with Gasteiger partial charge < -0.3 is 60.7 Å². The summed E-state index contributed by atoms with van der Waals surface area (Å²) in [6.45, 7) is 19.4. The fraction of sp³-hybridized carbons (Fsp3) is 0.667. The van der Waals surface area contributed by atoms with E-state index in [0.717, 1.165) is 11.3 Å². The van der Waals surface area contributed by atoms with Crippen LogP contribution in [0.15, 0.2) is 60.7 Å². The highest BCUT2D eigenvalue weighted by Crippen LogP contribution is 2.28. The number of nitrogens with one attached hydrogen (secondary N) is 4. The van der Waals surface area contributed by atoms with E-state index in [1.54, 1.807) is 72.5 Å². The van der Waals surface area contributed by atoms with Crippen molar-refractivity contribution in [2.75, 3.05) is 61.4 Å². The summed E-state index contributed by atoms with van der Waals surface area (Å²) in [6.07, 6.45) is 0.673. The average Bonchev–Trinajstić information content (AvgIpc) is 1.31. The lowest BCUT2D eigenvalue weighted by Crippen LogP contribution is -2.61. The van der Waals surface area contributed by atoms with Gasteiger partial charge in [-0.05, 0) is 107 Å². The molecule has 0 unspecified atom stereocenters. The number of amides is 11. The molecule has 5 rings (SSSR count). The molecule has 0 bridgehead atoms. The summed E-state index contributed by atoms with van der Waals surface area (Å²) in [5, 5.41) is 22.6. The van der Waals surface area contributed by atoms with Gasteiger partial charge in [0.25, 0.3) is 0 Å². The third-order valence-electron chi connectivity index (χ3n) is 20.3. The lowest BCUT2D eigenvalue weighted by atomic mass is 9.89. The molecule has 25 nitrogen and oxygen atoms in total. The third kappa shape index (κ3) is 22.7. The molecule has 5 N–H and O–H groups in total. The largest absolute Gasteiger partial charge is 0.393 e. The number of nitrogens with zero attached hydrogens (tertiary/aromatic N) is 7. The Morgan fingerprint density at radius 1 is 0.510 bits per heavy atom. The Bertz CT molecular complexity index is 3160. The number of ketones is 2. The zero-order valence-electron chi connectivity index (χ0n) is 62.1. The Labute approximate surface area is 592 Å². The van der Waals surface area contributed by atoms with Gasteiger partial charge in [0, 0.05) is 86.5 Å². The van der Waals surface area contributed by atoms with Gasteiger partial charge >= 0.3 is 0 Å². The molecule has 0 aromatic heterocycles. The molecule has 0 aliphatic carbocycles. The van der Waals surface area contributed by atoms with Gasteiger partial charge in [0.2, 0.25) is 65.0 Å². The highest BCUT2D eigenvalue weighted by atomic mass is 16.3. The number of hydrogen-bond donors (Lipinski definition) is 5. The first-order chi connectivity index (χ1) is 47.1. The number of aliphatic hydroxyl groups excluding tert-OH is 1. The molecule has 2 aromatic rings. The molecule has 13 atom stereocenters. The highest BCUT2D eigenvalue weighted by Gasteiger charge is 2.45. The minimum atomic E-state index is -1.45. The number of carbonyl (C=O) groups excluding carboxylic acids is 13. The van der Waals surface area contributed by atoms with Gasteiger partial charge in [-0.1, -0.05) is 122 Å². The zero-order valence-corrected chi connectivity index (χ0v) is 62.1. The van der Waals surface area contributed by atoms with Crippen LogP contribution in [0.2, 0.25) is 0 Å². The normalized spacial score (nSPS) is 27.0. The van der Waals surface area contributed by atoms with Crippen LogP contribution in [0, 0.1) is 35.5 Å². The Morgan fingerprint density at radius 2 is 1.07 bits per heavy atom. The monoisotopic (exact) mass is 1390 g/mol. The first-order valence-electron chi connectivity index (χ1n) is 36.0. The van der Waals surface area contributed by atoms with E-state index in [9.17, 15) is 53.1 Å². The first kappa shape index (κ1) is 82.6. The maximum absolute atomic E-state index is 15.3. The summed E-state index contributed by atoms with van der Waals surface area (Å²) in [5.74, 6) is -11.8. The van der Waals surface area contributed by atoms with Crippen LogP contribution in [0.1, 0.15) is 164 Å². The smallest absolute Gasteiger partial charge is 0.245 e. The van der Waals surface area contributed by atoms with Crippen LogP contribution in [-0.2, 0) is 75.2 Å². The summed E-state index contributed by atoms with van der Waals surface area (Å²) in [6, 6.07) is 6.52. The van der Waals surface area contributed by atoms with Crippen molar-refractivity contribution in [3.8, 4) is 0 Å². The van der Waals surface area contributed by atoms with Gasteiger partial charge in [0.05, 0.1) is 37.1 Å². The second-order valence-electron chi connectivity index (χ2n) is 29.4. The summed E-state index contributed by atoms with van der Waals surface area (Å²) < 4.78 is 0. The minimum absolute atomic E-state index is 0.0502. The molecule has 11 amide bonds. The van der Waals surface area contributed by atoms with Crippen molar-refractivity contribution in [3.05, 3.63) is 71.8 Å². The molecule has 0 radical (unpaired) electrons. The molecule has 100 heavy (non-hydrogen) atoms. The molecule has 0 saturated carbocycles. The van der Waals surface area contributed by atoms with Crippen molar-refractivity contribution in [3.63, 3.8) is 0 Å². The quantitative estimate of drug-likeness (QED) is 0.176. The number of hydrogen-bond acceptors (Lipinski definition) is 14. The van der Waals surface area contributed by atoms with E-state index in [1.165, 1.54) is 80.5 Å². The lowest BCUT2D eigenvalue weighted by molar-refractivity contribution is -0.150. The van der Waals surface area contributed by atoms with E-state index >= 15 is 14.4 Å². The van der Waals surface area contributed by atoms with E-state index in [0.29, 0.717) is 49.9 Å². The van der Waals surface area contributed by atoms with Crippen LogP contribution in [0.25, 0.3) is 0 Å². The van der Waals surface area contributed by atoms with Crippen molar-refractivity contribution < 1.29 is 67.4 Å². The van der Waals surface area contributed by atoms with Gasteiger partial charge in [-0.15, -0.1) is 0 Å². The van der Waals surface area contributed by atoms with E-state index in [-0.39, 0.29) is 69.2 Å². The molecular formula is C75H115N11O14. The number of likely N-dealkylation sites (N-methyl/N-ethyl adjacent to an activating group) is 5. The molecule has 3 aliphatic rings. The van der Waals surface area contributed by atoms with E-state index in [1.807, 2.05) is 48.5 Å². The molecule has 554 valence electrons. The predicted octanol–water partition coefficient (Wildman–Crippen LogP) is 4.34. The van der Waals surface area contributed by atoms with Crippen LogP contribution in [0.3, 0.4) is 0 Å². The molecule has 25 heteroatoms. The van der Waals surface area contributed by atoms with Gasteiger partial charge in [-0.25, -0.2) is 0 Å². The van der Waals surface area contributed by atoms with Gasteiger partial charge in [-0.2, -0.15) is 0 Å². The highest BCUT2D eigenvalue weighted by molar-refractivity contribution is 6.00. The fourth-order valence-electron chi connectivity index (χ4n) is 13.7. The summed E-state index contributed by atoms with van der Waals surface area (Å²) in [4.78, 5) is 201. The Morgan fingerprint density at radius 3 is 1.63 bits per heavy atom. The van der Waals surface area contributed by atoms with Crippen LogP contribution in [0.4, 0.5) is 0 Å². The number of fused-ring (bicyclic) bond motifs is 1.